The molecule has 28 heavy (non-hydrogen) atoms. The monoisotopic (exact) mass is 389 g/mol. The second-order valence-corrected chi connectivity index (χ2v) is 5.79. The van der Waals surface area contributed by atoms with Gasteiger partial charge in [-0.15, -0.1) is 0 Å². The van der Waals surface area contributed by atoms with Crippen LogP contribution >= 0.6 is 0 Å². The van der Waals surface area contributed by atoms with Gasteiger partial charge in [-0.2, -0.15) is 13.2 Å². The van der Waals surface area contributed by atoms with Gasteiger partial charge in [0.15, 0.2) is 0 Å². The summed E-state index contributed by atoms with van der Waals surface area (Å²) in [4.78, 5) is 15.4. The van der Waals surface area contributed by atoms with Crippen LogP contribution in [0.2, 0.25) is 0 Å². The van der Waals surface area contributed by atoms with Gasteiger partial charge in [0.1, 0.15) is 6.61 Å². The van der Waals surface area contributed by atoms with Crippen molar-refractivity contribution in [2.24, 2.45) is 5.16 Å². The van der Waals surface area contributed by atoms with E-state index in [0.29, 0.717) is 16.9 Å². The number of nitrogens with zero attached hydrogens (tertiary/aromatic N) is 3. The zero-order valence-corrected chi connectivity index (χ0v) is 14.3. The lowest BCUT2D eigenvalue weighted by Crippen LogP contribution is -2.06. The Balaban J connectivity index is 1.71. The van der Waals surface area contributed by atoms with Crippen molar-refractivity contribution in [3.8, 4) is 5.69 Å². The summed E-state index contributed by atoms with van der Waals surface area (Å²) >= 11 is 0. The highest BCUT2D eigenvalue weighted by molar-refractivity contribution is 5.78. The summed E-state index contributed by atoms with van der Waals surface area (Å²) in [6.45, 7) is 0.0163. The zero-order valence-electron chi connectivity index (χ0n) is 14.3. The third-order valence-electron chi connectivity index (χ3n) is 3.84. The van der Waals surface area contributed by atoms with Crippen LogP contribution in [0, 0.1) is 10.1 Å². The molecule has 0 saturated heterocycles. The van der Waals surface area contributed by atoms with Crippen molar-refractivity contribution < 1.29 is 22.9 Å². The van der Waals surface area contributed by atoms with Gasteiger partial charge in [-0.3, -0.25) is 10.1 Å². The molecule has 0 bridgehead atoms. The van der Waals surface area contributed by atoms with Gasteiger partial charge < -0.3 is 9.40 Å². The van der Waals surface area contributed by atoms with Crippen molar-refractivity contribution in [2.75, 3.05) is 0 Å². The highest BCUT2D eigenvalue weighted by Crippen LogP contribution is 2.30. The number of rotatable bonds is 6. The molecule has 1 heterocycles. The molecule has 3 rings (SSSR count). The predicted molar refractivity (Wildman–Crippen MR) is 96.3 cm³/mol. The van der Waals surface area contributed by atoms with E-state index in [1.54, 1.807) is 36.5 Å². The minimum absolute atomic E-state index is 0.0163. The molecule has 6 nitrogen and oxygen atoms in total. The van der Waals surface area contributed by atoms with Crippen LogP contribution in [0.15, 0.2) is 72.0 Å². The highest BCUT2D eigenvalue weighted by Gasteiger charge is 2.30. The third kappa shape index (κ3) is 4.56. The maximum absolute atomic E-state index is 12.9. The Labute approximate surface area is 157 Å². The highest BCUT2D eigenvalue weighted by atomic mass is 19.4. The Morgan fingerprint density at radius 3 is 2.64 bits per heavy atom. The molecule has 1 aromatic heterocycles. The quantitative estimate of drug-likeness (QED) is 0.340. The van der Waals surface area contributed by atoms with Crippen LogP contribution in [0.1, 0.15) is 16.8 Å². The molecule has 9 heteroatoms. The van der Waals surface area contributed by atoms with E-state index in [2.05, 4.69) is 5.16 Å². The van der Waals surface area contributed by atoms with Gasteiger partial charge in [-0.1, -0.05) is 23.4 Å². The number of aromatic nitrogens is 1. The van der Waals surface area contributed by atoms with Gasteiger partial charge in [0.05, 0.1) is 22.4 Å². The third-order valence-corrected chi connectivity index (χ3v) is 3.84. The fourth-order valence-electron chi connectivity index (χ4n) is 2.53. The number of nitro groups is 1. The number of nitro benzene ring substituents is 1. The van der Waals surface area contributed by atoms with Crippen molar-refractivity contribution in [1.29, 1.82) is 0 Å². The van der Waals surface area contributed by atoms with Crippen LogP contribution in [0.5, 0.6) is 0 Å². The molecule has 0 aliphatic rings. The molecule has 0 N–H and O–H groups in total. The summed E-state index contributed by atoms with van der Waals surface area (Å²) in [5.41, 5.74) is 0.616. The molecule has 0 aliphatic carbocycles. The van der Waals surface area contributed by atoms with E-state index in [1.807, 2.05) is 0 Å². The van der Waals surface area contributed by atoms with Crippen molar-refractivity contribution in [3.63, 3.8) is 0 Å². The molecule has 0 radical (unpaired) electrons. The molecule has 0 atom stereocenters. The van der Waals surface area contributed by atoms with Crippen LogP contribution < -0.4 is 0 Å². The van der Waals surface area contributed by atoms with Gasteiger partial charge in [-0.25, -0.2) is 0 Å². The molecule has 0 saturated carbocycles. The standard InChI is InChI=1S/C19H14F3N3O3/c20-19(21,22)15-5-2-6-16(11-15)24-9-3-8-18(24)12-23-28-13-14-4-1-7-17(10-14)25(26)27/h1-12H,13H2/b23-12-. The van der Waals surface area contributed by atoms with E-state index in [-0.39, 0.29) is 12.3 Å². The topological polar surface area (TPSA) is 69.7 Å². The molecular formula is C19H14F3N3O3. The Hall–Kier alpha value is -3.62. The lowest BCUT2D eigenvalue weighted by atomic mass is 10.2. The first kappa shape index (κ1) is 19.2. The van der Waals surface area contributed by atoms with Crippen molar-refractivity contribution in [3.05, 3.63) is 93.8 Å². The summed E-state index contributed by atoms with van der Waals surface area (Å²) in [7, 11) is 0. The van der Waals surface area contributed by atoms with Crippen LogP contribution in [-0.2, 0) is 17.6 Å². The van der Waals surface area contributed by atoms with Crippen LogP contribution in [0.25, 0.3) is 5.69 Å². The van der Waals surface area contributed by atoms with E-state index < -0.39 is 16.7 Å². The minimum Gasteiger partial charge on any atom is -0.391 e. The second-order valence-electron chi connectivity index (χ2n) is 5.79. The van der Waals surface area contributed by atoms with Gasteiger partial charge in [0.25, 0.3) is 5.69 Å². The normalized spacial score (nSPS) is 11.7. The fourth-order valence-corrected chi connectivity index (χ4v) is 2.53. The Bertz CT molecular complexity index is 1010. The number of hydrogen-bond acceptors (Lipinski definition) is 4. The molecule has 0 spiro atoms. The molecule has 0 aliphatic heterocycles. The fraction of sp³-hybridized carbons (Fsp3) is 0.105. The summed E-state index contributed by atoms with van der Waals surface area (Å²) in [5.74, 6) is 0. The lowest BCUT2D eigenvalue weighted by Gasteiger charge is -2.10. The van der Waals surface area contributed by atoms with Gasteiger partial charge in [0, 0.05) is 24.0 Å². The van der Waals surface area contributed by atoms with E-state index in [9.17, 15) is 23.3 Å². The Morgan fingerprint density at radius 2 is 1.89 bits per heavy atom. The maximum atomic E-state index is 12.9. The molecule has 0 fully saturated rings. The molecule has 0 amide bonds. The minimum atomic E-state index is -4.43. The summed E-state index contributed by atoms with van der Waals surface area (Å²) < 4.78 is 40.2. The largest absolute Gasteiger partial charge is 0.416 e. The number of halogens is 3. The van der Waals surface area contributed by atoms with Crippen molar-refractivity contribution in [2.45, 2.75) is 12.8 Å². The van der Waals surface area contributed by atoms with Gasteiger partial charge in [0.2, 0.25) is 0 Å². The number of alkyl halides is 3. The number of hydrogen-bond donors (Lipinski definition) is 0. The smallest absolute Gasteiger partial charge is 0.391 e. The van der Waals surface area contributed by atoms with Crippen LogP contribution in [-0.4, -0.2) is 15.7 Å². The summed E-state index contributed by atoms with van der Waals surface area (Å²) in [5, 5.41) is 14.6. The molecule has 0 unspecified atom stereocenters. The first-order chi connectivity index (χ1) is 13.3. The first-order valence-electron chi connectivity index (χ1n) is 8.08. The Kier molecular flexibility index (Phi) is 5.44. The SMILES string of the molecule is O=[N+]([O-])c1cccc(CO/N=C\c2cccn2-c2cccc(C(F)(F)F)c2)c1. The van der Waals surface area contributed by atoms with Crippen molar-refractivity contribution >= 4 is 11.9 Å². The number of oxime groups is 1. The first-order valence-corrected chi connectivity index (χ1v) is 8.08. The van der Waals surface area contributed by atoms with Crippen LogP contribution in [0.4, 0.5) is 18.9 Å². The van der Waals surface area contributed by atoms with E-state index in [0.717, 1.165) is 12.1 Å². The van der Waals surface area contributed by atoms with E-state index >= 15 is 0 Å². The number of benzene rings is 2. The second kappa shape index (κ2) is 7.95. The maximum Gasteiger partial charge on any atom is 0.416 e. The zero-order chi connectivity index (χ0) is 20.1. The van der Waals surface area contributed by atoms with Gasteiger partial charge >= 0.3 is 6.18 Å². The Morgan fingerprint density at radius 1 is 1.11 bits per heavy atom. The molecule has 2 aromatic carbocycles. The lowest BCUT2D eigenvalue weighted by molar-refractivity contribution is -0.384. The summed E-state index contributed by atoms with van der Waals surface area (Å²) in [6.07, 6.45) is -1.46. The van der Waals surface area contributed by atoms with Crippen molar-refractivity contribution in [1.82, 2.24) is 4.57 Å². The van der Waals surface area contributed by atoms with E-state index in [1.165, 1.54) is 29.0 Å². The number of non-ortho nitro benzene ring substituents is 1. The molecule has 144 valence electrons. The van der Waals surface area contributed by atoms with Crippen LogP contribution in [0.3, 0.4) is 0 Å². The van der Waals surface area contributed by atoms with E-state index in [4.69, 9.17) is 4.84 Å². The summed E-state index contributed by atoms with van der Waals surface area (Å²) in [6, 6.07) is 14.2. The van der Waals surface area contributed by atoms with Gasteiger partial charge in [-0.05, 0) is 35.9 Å². The average molecular weight is 389 g/mol. The predicted octanol–water partition coefficient (Wildman–Crippen LogP) is 4.96. The molecule has 3 aromatic rings. The average Bonchev–Trinajstić information content (AvgIpc) is 3.13. The molecular weight excluding hydrogens is 375 g/mol.